The summed E-state index contributed by atoms with van der Waals surface area (Å²) in [6, 6.07) is 17.7. The molecule has 2 aromatic carbocycles. The second-order valence-corrected chi connectivity index (χ2v) is 9.74. The van der Waals surface area contributed by atoms with Crippen molar-refractivity contribution >= 4 is 16.0 Å². The van der Waals surface area contributed by atoms with E-state index in [0.717, 1.165) is 5.56 Å². The van der Waals surface area contributed by atoms with Crippen molar-refractivity contribution in [3.63, 3.8) is 0 Å². The fraction of sp³-hybridized carbons (Fsp3) is 0.409. The molecule has 8 heteroatoms. The first-order chi connectivity index (χ1) is 14.2. The number of primary amides is 1. The van der Waals surface area contributed by atoms with E-state index in [1.807, 2.05) is 30.3 Å². The zero-order chi connectivity index (χ0) is 21.9. The molecule has 1 amide bonds. The Morgan fingerprint density at radius 2 is 1.63 bits per heavy atom. The van der Waals surface area contributed by atoms with Crippen molar-refractivity contribution in [3.05, 3.63) is 65.7 Å². The number of nitrogens with two attached hydrogens (primary N) is 1. The Hall–Kier alpha value is -2.42. The maximum Gasteiger partial charge on any atom is 0.270 e. The van der Waals surface area contributed by atoms with Crippen LogP contribution in [0.4, 0.5) is 0 Å². The molecule has 2 N–H and O–H groups in total. The molecule has 4 unspecified atom stereocenters. The highest BCUT2D eigenvalue weighted by Crippen LogP contribution is 2.29. The van der Waals surface area contributed by atoms with Crippen LogP contribution in [-0.2, 0) is 23.8 Å². The lowest BCUT2D eigenvalue weighted by atomic mass is 9.93. The summed E-state index contributed by atoms with van der Waals surface area (Å²) >= 11 is 0. The van der Waals surface area contributed by atoms with E-state index in [-0.39, 0.29) is 12.5 Å². The normalized spacial score (nSPS) is 22.7. The van der Waals surface area contributed by atoms with E-state index in [0.29, 0.717) is 5.75 Å². The lowest BCUT2D eigenvalue weighted by molar-refractivity contribution is -0.129. The molecular weight excluding hydrogens is 406 g/mol. The van der Waals surface area contributed by atoms with E-state index < -0.39 is 39.6 Å². The van der Waals surface area contributed by atoms with Crippen LogP contribution in [0, 0.1) is 0 Å². The van der Waals surface area contributed by atoms with Gasteiger partial charge in [0.2, 0.25) is 5.91 Å². The fourth-order valence-corrected chi connectivity index (χ4v) is 4.01. The predicted octanol–water partition coefficient (Wildman–Crippen LogP) is 2.59. The molecule has 0 aliphatic carbocycles. The highest BCUT2D eigenvalue weighted by atomic mass is 32.2. The second-order valence-electron chi connectivity index (χ2n) is 7.62. The number of hydrogen-bond acceptors (Lipinski definition) is 6. The Morgan fingerprint density at radius 1 is 1.03 bits per heavy atom. The molecule has 7 nitrogen and oxygen atoms in total. The lowest BCUT2D eigenvalue weighted by Gasteiger charge is -2.23. The van der Waals surface area contributed by atoms with Crippen LogP contribution in [0.25, 0.3) is 0 Å². The van der Waals surface area contributed by atoms with Gasteiger partial charge in [-0.05, 0) is 37.1 Å². The topological polar surface area (TPSA) is 105 Å². The zero-order valence-corrected chi connectivity index (χ0v) is 18.0. The molecule has 0 bridgehead atoms. The van der Waals surface area contributed by atoms with Gasteiger partial charge in [-0.15, -0.1) is 0 Å². The summed E-state index contributed by atoms with van der Waals surface area (Å²) in [5, 5.41) is -0.772. The van der Waals surface area contributed by atoms with Crippen molar-refractivity contribution in [1.29, 1.82) is 0 Å². The van der Waals surface area contributed by atoms with E-state index >= 15 is 0 Å². The van der Waals surface area contributed by atoms with Gasteiger partial charge in [0, 0.05) is 5.92 Å². The van der Waals surface area contributed by atoms with Crippen molar-refractivity contribution in [3.8, 4) is 5.75 Å². The summed E-state index contributed by atoms with van der Waals surface area (Å²) < 4.78 is 41.0. The average molecular weight is 434 g/mol. The molecule has 1 saturated heterocycles. The van der Waals surface area contributed by atoms with Crippen LogP contribution in [0.15, 0.2) is 54.6 Å². The molecule has 0 spiro atoms. The number of amides is 1. The van der Waals surface area contributed by atoms with E-state index in [9.17, 15) is 13.2 Å². The van der Waals surface area contributed by atoms with Gasteiger partial charge >= 0.3 is 0 Å². The van der Waals surface area contributed by atoms with Crippen molar-refractivity contribution in [2.24, 2.45) is 5.73 Å². The lowest BCUT2D eigenvalue weighted by Crippen LogP contribution is -2.45. The van der Waals surface area contributed by atoms with Crippen LogP contribution in [0.1, 0.15) is 37.8 Å². The third-order valence-corrected chi connectivity index (χ3v) is 6.82. The van der Waals surface area contributed by atoms with E-state index in [4.69, 9.17) is 19.4 Å². The minimum Gasteiger partial charge on any atom is -0.485 e. The molecule has 2 aromatic rings. The SMILES string of the molecule is CC(c1ccccc1)c1ccc(OC2COC(C(N)=O)C2OS(=O)(=O)C(C)C)cc1. The highest BCUT2D eigenvalue weighted by molar-refractivity contribution is 7.87. The van der Waals surface area contributed by atoms with Crippen molar-refractivity contribution < 1.29 is 26.9 Å². The maximum absolute atomic E-state index is 12.2. The summed E-state index contributed by atoms with van der Waals surface area (Å²) in [5.74, 6) is -0.0630. The van der Waals surface area contributed by atoms with Crippen LogP contribution in [0.3, 0.4) is 0 Å². The van der Waals surface area contributed by atoms with Gasteiger partial charge in [-0.2, -0.15) is 8.42 Å². The molecule has 1 aliphatic heterocycles. The van der Waals surface area contributed by atoms with E-state index in [1.165, 1.54) is 19.4 Å². The van der Waals surface area contributed by atoms with Crippen LogP contribution < -0.4 is 10.5 Å². The predicted molar refractivity (Wildman–Crippen MR) is 113 cm³/mol. The van der Waals surface area contributed by atoms with Crippen LogP contribution in [0.2, 0.25) is 0 Å². The fourth-order valence-electron chi connectivity index (χ4n) is 3.25. The molecule has 0 radical (unpaired) electrons. The molecule has 1 fully saturated rings. The Balaban J connectivity index is 1.74. The standard InChI is InChI=1S/C22H27NO6S/c1-14(2)30(25,26)29-20-19(13-27-21(20)22(23)24)28-18-11-9-17(10-12-18)15(3)16-7-5-4-6-8-16/h4-12,14-15,19-21H,13H2,1-3H3,(H2,23,24). The Kier molecular flexibility index (Phi) is 6.80. The van der Waals surface area contributed by atoms with Gasteiger partial charge in [0.1, 0.15) is 5.75 Å². The van der Waals surface area contributed by atoms with Crippen LogP contribution in [-0.4, -0.2) is 44.5 Å². The largest absolute Gasteiger partial charge is 0.485 e. The first-order valence-corrected chi connectivity index (χ1v) is 11.3. The Morgan fingerprint density at radius 3 is 2.20 bits per heavy atom. The molecular formula is C22H27NO6S. The number of benzene rings is 2. The number of hydrogen-bond donors (Lipinski definition) is 1. The summed E-state index contributed by atoms with van der Waals surface area (Å²) in [6.07, 6.45) is -3.12. The van der Waals surface area contributed by atoms with Gasteiger partial charge in [0.15, 0.2) is 18.3 Å². The molecule has 0 saturated carbocycles. The van der Waals surface area contributed by atoms with Crippen molar-refractivity contribution in [2.75, 3.05) is 6.61 Å². The van der Waals surface area contributed by atoms with Gasteiger partial charge in [0.05, 0.1) is 11.9 Å². The first-order valence-electron chi connectivity index (χ1n) is 9.83. The van der Waals surface area contributed by atoms with Gasteiger partial charge in [-0.25, -0.2) is 0 Å². The summed E-state index contributed by atoms with van der Waals surface area (Å²) in [4.78, 5) is 11.7. The van der Waals surface area contributed by atoms with Gasteiger partial charge in [-0.3, -0.25) is 8.98 Å². The van der Waals surface area contributed by atoms with E-state index in [2.05, 4.69) is 19.1 Å². The van der Waals surface area contributed by atoms with Crippen LogP contribution in [0.5, 0.6) is 5.75 Å². The summed E-state index contributed by atoms with van der Waals surface area (Å²) in [7, 11) is -3.89. The average Bonchev–Trinajstić information content (AvgIpc) is 3.10. The molecule has 1 heterocycles. The molecule has 1 aliphatic rings. The van der Waals surface area contributed by atoms with Gasteiger partial charge < -0.3 is 15.2 Å². The van der Waals surface area contributed by atoms with Crippen molar-refractivity contribution in [1.82, 2.24) is 0 Å². The third-order valence-electron chi connectivity index (χ3n) is 5.18. The zero-order valence-electron chi connectivity index (χ0n) is 17.2. The van der Waals surface area contributed by atoms with Crippen LogP contribution >= 0.6 is 0 Å². The Labute approximate surface area is 177 Å². The smallest absolute Gasteiger partial charge is 0.270 e. The molecule has 30 heavy (non-hydrogen) atoms. The number of carbonyl (C=O) groups excluding carboxylic acids is 1. The first kappa shape index (κ1) is 22.3. The summed E-state index contributed by atoms with van der Waals surface area (Å²) in [5.41, 5.74) is 7.67. The van der Waals surface area contributed by atoms with Gasteiger partial charge in [0.25, 0.3) is 10.1 Å². The van der Waals surface area contributed by atoms with Crippen molar-refractivity contribution in [2.45, 2.75) is 50.3 Å². The second kappa shape index (κ2) is 9.16. The molecule has 4 atom stereocenters. The minimum atomic E-state index is -3.89. The number of rotatable bonds is 8. The Bertz CT molecular complexity index is 959. The quantitative estimate of drug-likeness (QED) is 0.642. The highest BCUT2D eigenvalue weighted by Gasteiger charge is 2.46. The third kappa shape index (κ3) is 5.00. The number of carbonyl (C=O) groups is 1. The van der Waals surface area contributed by atoms with Gasteiger partial charge in [-0.1, -0.05) is 49.4 Å². The number of ether oxygens (including phenoxy) is 2. The molecule has 162 valence electrons. The maximum atomic E-state index is 12.2. The summed E-state index contributed by atoms with van der Waals surface area (Å²) in [6.45, 7) is 5.10. The van der Waals surface area contributed by atoms with E-state index in [1.54, 1.807) is 12.1 Å². The minimum absolute atomic E-state index is 0.00589. The monoisotopic (exact) mass is 433 g/mol. The molecule has 0 aromatic heterocycles. The molecule has 3 rings (SSSR count).